The van der Waals surface area contributed by atoms with Crippen molar-refractivity contribution in [1.82, 2.24) is 10.3 Å². The Labute approximate surface area is 152 Å². The van der Waals surface area contributed by atoms with Crippen molar-refractivity contribution in [2.45, 2.75) is 25.3 Å². The number of carbonyl (C=O) groups excluding carboxylic acids is 1. The zero-order chi connectivity index (χ0) is 18.1. The van der Waals surface area contributed by atoms with Crippen LogP contribution >= 0.6 is 0 Å². The largest absolute Gasteiger partial charge is 0.493 e. The first-order valence-electron chi connectivity index (χ1n) is 8.83. The van der Waals surface area contributed by atoms with E-state index >= 15 is 0 Å². The highest BCUT2D eigenvalue weighted by Gasteiger charge is 2.26. The molecule has 0 unspecified atom stereocenters. The summed E-state index contributed by atoms with van der Waals surface area (Å²) < 4.78 is 10.5. The fourth-order valence-electron chi connectivity index (χ4n) is 3.78. The summed E-state index contributed by atoms with van der Waals surface area (Å²) in [7, 11) is 3.15. The van der Waals surface area contributed by atoms with Crippen LogP contribution in [0, 0.1) is 0 Å². The van der Waals surface area contributed by atoms with Gasteiger partial charge in [0.05, 0.1) is 20.3 Å². The Hall–Kier alpha value is -2.95. The maximum absolute atomic E-state index is 12.8. The molecule has 1 amide bonds. The minimum absolute atomic E-state index is 0.00764. The first kappa shape index (κ1) is 16.5. The number of carbonyl (C=O) groups is 1. The summed E-state index contributed by atoms with van der Waals surface area (Å²) in [6.45, 7) is 0. The first-order valence-corrected chi connectivity index (χ1v) is 8.83. The van der Waals surface area contributed by atoms with Crippen molar-refractivity contribution in [3.8, 4) is 11.5 Å². The molecule has 1 atom stereocenters. The summed E-state index contributed by atoms with van der Waals surface area (Å²) in [4.78, 5) is 16.3. The highest BCUT2D eigenvalue weighted by Crippen LogP contribution is 2.35. The predicted octanol–water partition coefficient (Wildman–Crippen LogP) is 3.99. The van der Waals surface area contributed by atoms with Gasteiger partial charge in [-0.1, -0.05) is 18.2 Å². The lowest BCUT2D eigenvalue weighted by Gasteiger charge is -2.24. The number of benzene rings is 2. The number of aromatic amines is 1. The second-order valence-electron chi connectivity index (χ2n) is 6.55. The molecule has 134 valence electrons. The Morgan fingerprint density at radius 3 is 2.73 bits per heavy atom. The first-order chi connectivity index (χ1) is 12.7. The molecule has 0 bridgehead atoms. The molecule has 1 heterocycles. The number of aromatic nitrogens is 1. The van der Waals surface area contributed by atoms with Crippen molar-refractivity contribution in [1.29, 1.82) is 0 Å². The lowest BCUT2D eigenvalue weighted by atomic mass is 9.91. The van der Waals surface area contributed by atoms with Gasteiger partial charge in [0.15, 0.2) is 11.5 Å². The summed E-state index contributed by atoms with van der Waals surface area (Å²) in [6, 6.07) is 13.5. The summed E-state index contributed by atoms with van der Waals surface area (Å²) in [5.41, 5.74) is 4.14. The molecular formula is C21H22N2O3. The predicted molar refractivity (Wildman–Crippen MR) is 101 cm³/mol. The van der Waals surface area contributed by atoms with E-state index in [1.165, 1.54) is 10.9 Å². The number of ether oxygens (including phenoxy) is 2. The third-order valence-corrected chi connectivity index (χ3v) is 5.07. The number of H-pyrrole nitrogens is 1. The van der Waals surface area contributed by atoms with Crippen molar-refractivity contribution < 1.29 is 14.3 Å². The van der Waals surface area contributed by atoms with Gasteiger partial charge >= 0.3 is 0 Å². The fraction of sp³-hybridized carbons (Fsp3) is 0.286. The molecule has 2 aromatic carbocycles. The molecule has 2 N–H and O–H groups in total. The van der Waals surface area contributed by atoms with Gasteiger partial charge in [-0.05, 0) is 49.1 Å². The molecule has 0 fully saturated rings. The zero-order valence-electron chi connectivity index (χ0n) is 15.0. The monoisotopic (exact) mass is 350 g/mol. The van der Waals surface area contributed by atoms with Gasteiger partial charge in [0, 0.05) is 22.2 Å². The van der Waals surface area contributed by atoms with Gasteiger partial charge in [0.25, 0.3) is 5.91 Å². The maximum Gasteiger partial charge on any atom is 0.251 e. The van der Waals surface area contributed by atoms with Crippen LogP contribution in [0.3, 0.4) is 0 Å². The molecule has 0 spiro atoms. The number of nitrogens with one attached hydrogen (secondary N) is 2. The van der Waals surface area contributed by atoms with Gasteiger partial charge in [-0.2, -0.15) is 0 Å². The minimum atomic E-state index is -0.109. The third-order valence-electron chi connectivity index (χ3n) is 5.07. The number of aryl methyl sites for hydroxylation is 1. The summed E-state index contributed by atoms with van der Waals surface area (Å²) in [5, 5.41) is 4.43. The van der Waals surface area contributed by atoms with Crippen LogP contribution in [0.15, 0.2) is 42.5 Å². The molecule has 5 heteroatoms. The van der Waals surface area contributed by atoms with E-state index in [0.29, 0.717) is 17.1 Å². The molecule has 1 aromatic heterocycles. The van der Waals surface area contributed by atoms with Gasteiger partial charge in [-0.25, -0.2) is 0 Å². The molecule has 0 saturated carbocycles. The summed E-state index contributed by atoms with van der Waals surface area (Å²) in [6.07, 6.45) is 3.03. The lowest BCUT2D eigenvalue weighted by molar-refractivity contribution is 0.0931. The standard InChI is InChI=1S/C21H22N2O3/c1-25-18-11-10-13(12-19(18)26-2)21(24)23-17-9-5-7-15-14-6-3-4-8-16(14)22-20(15)17/h3-4,6,8,10-12,17,22H,5,7,9H2,1-2H3,(H,23,24)/t17-/m1/s1. The van der Waals surface area contributed by atoms with Crippen LogP contribution in [0.2, 0.25) is 0 Å². The second-order valence-corrected chi connectivity index (χ2v) is 6.55. The Kier molecular flexibility index (Phi) is 4.29. The third kappa shape index (κ3) is 2.79. The van der Waals surface area contributed by atoms with Crippen LogP contribution in [0.4, 0.5) is 0 Å². The lowest BCUT2D eigenvalue weighted by Crippen LogP contribution is -2.31. The molecule has 1 aliphatic rings. The highest BCUT2D eigenvalue weighted by molar-refractivity contribution is 5.95. The van der Waals surface area contributed by atoms with Gasteiger partial charge in [-0.3, -0.25) is 4.79 Å². The van der Waals surface area contributed by atoms with Crippen LogP contribution in [-0.4, -0.2) is 25.1 Å². The van der Waals surface area contributed by atoms with E-state index in [4.69, 9.17) is 9.47 Å². The Morgan fingerprint density at radius 1 is 1.12 bits per heavy atom. The van der Waals surface area contributed by atoms with E-state index in [1.54, 1.807) is 32.4 Å². The molecule has 0 radical (unpaired) electrons. The van der Waals surface area contributed by atoms with E-state index in [-0.39, 0.29) is 11.9 Å². The highest BCUT2D eigenvalue weighted by atomic mass is 16.5. The number of fused-ring (bicyclic) bond motifs is 3. The van der Waals surface area contributed by atoms with E-state index in [9.17, 15) is 4.79 Å². The topological polar surface area (TPSA) is 63.3 Å². The van der Waals surface area contributed by atoms with Gasteiger partial charge in [-0.15, -0.1) is 0 Å². The van der Waals surface area contributed by atoms with Crippen molar-refractivity contribution in [2.75, 3.05) is 14.2 Å². The molecule has 3 aromatic rings. The van der Waals surface area contributed by atoms with Crippen LogP contribution in [-0.2, 0) is 6.42 Å². The van der Waals surface area contributed by atoms with Crippen molar-refractivity contribution >= 4 is 16.8 Å². The van der Waals surface area contributed by atoms with Crippen LogP contribution in [0.25, 0.3) is 10.9 Å². The molecule has 0 aliphatic heterocycles. The normalized spacial score (nSPS) is 16.2. The van der Waals surface area contributed by atoms with Crippen LogP contribution < -0.4 is 14.8 Å². The zero-order valence-corrected chi connectivity index (χ0v) is 15.0. The molecule has 5 nitrogen and oxygen atoms in total. The Balaban J connectivity index is 1.61. The number of para-hydroxylation sites is 1. The average molecular weight is 350 g/mol. The van der Waals surface area contributed by atoms with Crippen molar-refractivity contribution in [2.24, 2.45) is 0 Å². The average Bonchev–Trinajstić information content (AvgIpc) is 3.07. The quantitative estimate of drug-likeness (QED) is 0.748. The van der Waals surface area contributed by atoms with E-state index in [2.05, 4.69) is 28.5 Å². The van der Waals surface area contributed by atoms with E-state index in [1.807, 2.05) is 6.07 Å². The van der Waals surface area contributed by atoms with Crippen LogP contribution in [0.1, 0.15) is 40.5 Å². The number of hydrogen-bond donors (Lipinski definition) is 2. The fourth-order valence-corrected chi connectivity index (χ4v) is 3.78. The molecule has 4 rings (SSSR count). The summed E-state index contributed by atoms with van der Waals surface area (Å²) >= 11 is 0. The molecule has 26 heavy (non-hydrogen) atoms. The van der Waals surface area contributed by atoms with Crippen molar-refractivity contribution in [3.05, 3.63) is 59.3 Å². The van der Waals surface area contributed by atoms with Gasteiger partial charge < -0.3 is 19.8 Å². The SMILES string of the molecule is COc1ccc(C(=O)N[C@@H]2CCCc3c2[nH]c2ccccc32)cc1OC. The second kappa shape index (κ2) is 6.75. The smallest absolute Gasteiger partial charge is 0.251 e. The van der Waals surface area contributed by atoms with E-state index in [0.717, 1.165) is 30.5 Å². The number of amides is 1. The number of methoxy groups -OCH3 is 2. The molecule has 0 saturated heterocycles. The Morgan fingerprint density at radius 2 is 1.92 bits per heavy atom. The van der Waals surface area contributed by atoms with Gasteiger partial charge in [0.2, 0.25) is 0 Å². The minimum Gasteiger partial charge on any atom is -0.493 e. The maximum atomic E-state index is 12.8. The van der Waals surface area contributed by atoms with Crippen molar-refractivity contribution in [3.63, 3.8) is 0 Å². The molecule has 1 aliphatic carbocycles. The van der Waals surface area contributed by atoms with Gasteiger partial charge in [0.1, 0.15) is 0 Å². The molecular weight excluding hydrogens is 328 g/mol. The number of hydrogen-bond acceptors (Lipinski definition) is 3. The summed E-state index contributed by atoms with van der Waals surface area (Å²) in [5.74, 6) is 1.05. The van der Waals surface area contributed by atoms with E-state index < -0.39 is 0 Å². The number of rotatable bonds is 4. The Bertz CT molecular complexity index is 961. The van der Waals surface area contributed by atoms with Crippen LogP contribution in [0.5, 0.6) is 11.5 Å².